The van der Waals surface area contributed by atoms with Crippen molar-refractivity contribution in [2.24, 2.45) is 0 Å². The molecule has 0 fully saturated rings. The first kappa shape index (κ1) is 13.9. The van der Waals surface area contributed by atoms with Gasteiger partial charge in [-0.05, 0) is 54.1 Å². The van der Waals surface area contributed by atoms with E-state index in [1.54, 1.807) is 25.3 Å². The number of hydrogen-bond donors (Lipinski definition) is 0. The normalized spacial score (nSPS) is 11.5. The summed E-state index contributed by atoms with van der Waals surface area (Å²) >= 11 is 1.26. The number of nitrogens with zero attached hydrogens (tertiary/aromatic N) is 1. The lowest BCUT2D eigenvalue weighted by atomic mass is 10.2. The Balaban J connectivity index is 1.96. The monoisotopic (exact) mass is 319 g/mol. The fourth-order valence-electron chi connectivity index (χ4n) is 1.95. The van der Waals surface area contributed by atoms with Crippen molar-refractivity contribution in [2.45, 2.75) is 4.21 Å². The Bertz CT molecular complexity index is 831. The molecule has 0 radical (unpaired) electrons. The molecule has 2 heterocycles. The summed E-state index contributed by atoms with van der Waals surface area (Å²) in [5, 5.41) is 0. The summed E-state index contributed by atoms with van der Waals surface area (Å²) in [4.78, 5) is 0.906. The average Bonchev–Trinajstić information content (AvgIpc) is 3.19. The highest BCUT2D eigenvalue weighted by molar-refractivity contribution is 7.92. The molecule has 0 aliphatic heterocycles. The average molecular weight is 319 g/mol. The van der Waals surface area contributed by atoms with Crippen LogP contribution in [0.3, 0.4) is 0 Å². The predicted octanol–water partition coefficient (Wildman–Crippen LogP) is 3.46. The van der Waals surface area contributed by atoms with Crippen LogP contribution in [0.2, 0.25) is 0 Å². The highest BCUT2D eigenvalue weighted by Crippen LogP contribution is 2.32. The highest BCUT2D eigenvalue weighted by atomic mass is 32.2. The van der Waals surface area contributed by atoms with Gasteiger partial charge in [0, 0.05) is 17.3 Å². The number of rotatable bonds is 4. The van der Waals surface area contributed by atoms with Crippen molar-refractivity contribution >= 4 is 21.4 Å². The van der Waals surface area contributed by atoms with E-state index in [4.69, 9.17) is 4.74 Å². The molecule has 4 nitrogen and oxygen atoms in total. The molecule has 0 aliphatic carbocycles. The summed E-state index contributed by atoms with van der Waals surface area (Å²) in [5.41, 5.74) is 0.967. The Labute approximate surface area is 127 Å². The molecular weight excluding hydrogens is 306 g/mol. The van der Waals surface area contributed by atoms with Gasteiger partial charge in [-0.15, -0.1) is 11.3 Å². The molecule has 0 saturated carbocycles. The molecule has 21 heavy (non-hydrogen) atoms. The van der Waals surface area contributed by atoms with E-state index in [0.717, 1.165) is 16.2 Å². The smallest absolute Gasteiger partial charge is 0.277 e. The quantitative estimate of drug-likeness (QED) is 0.740. The molecule has 1 aromatic carbocycles. The topological polar surface area (TPSA) is 48.3 Å². The Kier molecular flexibility index (Phi) is 3.57. The summed E-state index contributed by atoms with van der Waals surface area (Å²) in [6.07, 6.45) is 3.06. The number of thiophene rings is 1. The molecule has 0 atom stereocenters. The van der Waals surface area contributed by atoms with E-state index in [1.807, 2.05) is 30.3 Å². The third-order valence-corrected chi connectivity index (χ3v) is 6.32. The Morgan fingerprint density at radius 3 is 2.29 bits per heavy atom. The molecular formula is C15H13NO3S2. The van der Waals surface area contributed by atoms with Gasteiger partial charge in [-0.2, -0.15) is 8.42 Å². The van der Waals surface area contributed by atoms with E-state index in [-0.39, 0.29) is 0 Å². The minimum Gasteiger partial charge on any atom is -0.497 e. The summed E-state index contributed by atoms with van der Waals surface area (Å²) in [7, 11) is -1.87. The maximum absolute atomic E-state index is 12.4. The van der Waals surface area contributed by atoms with Crippen LogP contribution < -0.4 is 4.74 Å². The lowest BCUT2D eigenvalue weighted by Gasteiger charge is -2.02. The lowest BCUT2D eigenvalue weighted by molar-refractivity contribution is 0.415. The van der Waals surface area contributed by atoms with Crippen LogP contribution >= 0.6 is 11.3 Å². The van der Waals surface area contributed by atoms with Gasteiger partial charge < -0.3 is 4.74 Å². The fourth-order valence-corrected chi connectivity index (χ4v) is 4.55. The zero-order valence-corrected chi connectivity index (χ0v) is 12.9. The minimum atomic E-state index is -3.49. The maximum atomic E-state index is 12.4. The molecule has 3 rings (SSSR count). The van der Waals surface area contributed by atoms with Crippen molar-refractivity contribution in [1.29, 1.82) is 0 Å². The van der Waals surface area contributed by atoms with Crippen molar-refractivity contribution in [3.8, 4) is 16.2 Å². The number of benzene rings is 1. The van der Waals surface area contributed by atoms with Gasteiger partial charge in [-0.25, -0.2) is 3.97 Å². The molecule has 0 N–H and O–H groups in total. The van der Waals surface area contributed by atoms with Crippen LogP contribution in [0.1, 0.15) is 0 Å². The fraction of sp³-hybridized carbons (Fsp3) is 0.0667. The first-order valence-electron chi connectivity index (χ1n) is 6.24. The van der Waals surface area contributed by atoms with E-state index in [9.17, 15) is 8.42 Å². The van der Waals surface area contributed by atoms with Crippen LogP contribution in [0.15, 0.2) is 65.1 Å². The third kappa shape index (κ3) is 2.59. The molecule has 0 amide bonds. The molecule has 2 aromatic heterocycles. The number of ether oxygens (including phenoxy) is 1. The zero-order chi connectivity index (χ0) is 14.9. The van der Waals surface area contributed by atoms with E-state index >= 15 is 0 Å². The number of hydrogen-bond acceptors (Lipinski definition) is 4. The Morgan fingerprint density at radius 1 is 1.00 bits per heavy atom. The Hall–Kier alpha value is -2.05. The SMILES string of the molecule is COc1ccc(-c2ccc(S(=O)(=O)n3cccc3)s2)cc1. The van der Waals surface area contributed by atoms with E-state index in [0.29, 0.717) is 4.21 Å². The Morgan fingerprint density at radius 2 is 1.67 bits per heavy atom. The van der Waals surface area contributed by atoms with Gasteiger partial charge in [0.2, 0.25) is 0 Å². The first-order chi connectivity index (χ1) is 10.1. The lowest BCUT2D eigenvalue weighted by Crippen LogP contribution is -2.08. The largest absolute Gasteiger partial charge is 0.497 e. The van der Waals surface area contributed by atoms with Crippen LogP contribution in [-0.4, -0.2) is 19.5 Å². The second kappa shape index (κ2) is 5.38. The third-order valence-electron chi connectivity index (χ3n) is 3.06. The van der Waals surface area contributed by atoms with Crippen LogP contribution in [0, 0.1) is 0 Å². The molecule has 108 valence electrons. The van der Waals surface area contributed by atoms with Gasteiger partial charge in [0.25, 0.3) is 10.0 Å². The van der Waals surface area contributed by atoms with Gasteiger partial charge in [-0.3, -0.25) is 0 Å². The molecule has 6 heteroatoms. The van der Waals surface area contributed by atoms with Crippen molar-refractivity contribution in [3.63, 3.8) is 0 Å². The molecule has 0 bridgehead atoms. The second-order valence-electron chi connectivity index (χ2n) is 4.37. The molecule has 0 saturated heterocycles. The van der Waals surface area contributed by atoms with Crippen LogP contribution in [0.4, 0.5) is 0 Å². The summed E-state index contributed by atoms with van der Waals surface area (Å²) in [5.74, 6) is 0.774. The second-order valence-corrected chi connectivity index (χ2v) is 7.52. The maximum Gasteiger partial charge on any atom is 0.277 e. The van der Waals surface area contributed by atoms with Gasteiger partial charge in [0.05, 0.1) is 7.11 Å². The van der Waals surface area contributed by atoms with Crippen LogP contribution in [-0.2, 0) is 10.0 Å². The minimum absolute atomic E-state index is 0.324. The van der Waals surface area contributed by atoms with Crippen molar-refractivity contribution < 1.29 is 13.2 Å². The molecule has 0 aliphatic rings. The van der Waals surface area contributed by atoms with Crippen molar-refractivity contribution in [3.05, 3.63) is 60.9 Å². The van der Waals surface area contributed by atoms with Gasteiger partial charge in [-0.1, -0.05) is 0 Å². The molecule has 0 unspecified atom stereocenters. The van der Waals surface area contributed by atoms with E-state index in [2.05, 4.69) is 0 Å². The van der Waals surface area contributed by atoms with E-state index in [1.165, 1.54) is 27.7 Å². The van der Waals surface area contributed by atoms with E-state index < -0.39 is 10.0 Å². The van der Waals surface area contributed by atoms with Crippen molar-refractivity contribution in [1.82, 2.24) is 3.97 Å². The standard InChI is InChI=1S/C15H13NO3S2/c1-19-13-6-4-12(5-7-13)14-8-9-15(20-14)21(17,18)16-10-2-3-11-16/h2-11H,1H3. The number of methoxy groups -OCH3 is 1. The van der Waals surface area contributed by atoms with Crippen LogP contribution in [0.25, 0.3) is 10.4 Å². The number of aromatic nitrogens is 1. The summed E-state index contributed by atoms with van der Waals surface area (Å²) in [6.45, 7) is 0. The van der Waals surface area contributed by atoms with Crippen LogP contribution in [0.5, 0.6) is 5.75 Å². The molecule has 3 aromatic rings. The predicted molar refractivity (Wildman–Crippen MR) is 83.3 cm³/mol. The first-order valence-corrected chi connectivity index (χ1v) is 8.50. The highest BCUT2D eigenvalue weighted by Gasteiger charge is 2.18. The van der Waals surface area contributed by atoms with Gasteiger partial charge in [0.15, 0.2) is 0 Å². The summed E-state index contributed by atoms with van der Waals surface area (Å²) < 4.78 is 31.4. The van der Waals surface area contributed by atoms with Gasteiger partial charge in [0.1, 0.15) is 9.96 Å². The van der Waals surface area contributed by atoms with Gasteiger partial charge >= 0.3 is 0 Å². The van der Waals surface area contributed by atoms with Crippen molar-refractivity contribution in [2.75, 3.05) is 7.11 Å². The zero-order valence-electron chi connectivity index (χ0n) is 11.3. The molecule has 0 spiro atoms. The summed E-state index contributed by atoms with van der Waals surface area (Å²) in [6, 6.07) is 14.4.